The number of carbonyl (C=O) groups excluding carboxylic acids is 2. The Morgan fingerprint density at radius 3 is 2.04 bits per heavy atom. The minimum absolute atomic E-state index is 0.0862. The second-order valence-corrected chi connectivity index (χ2v) is 11.6. The molecule has 0 atom stereocenters. The van der Waals surface area contributed by atoms with Crippen LogP contribution in [-0.4, -0.2) is 51.4 Å². The number of hydrogen-bond acceptors (Lipinski definition) is 6. The van der Waals surface area contributed by atoms with Gasteiger partial charge >= 0.3 is 142 Å². The van der Waals surface area contributed by atoms with Gasteiger partial charge in [-0.2, -0.15) is 0 Å². The molecule has 0 unspecified atom stereocenters. The van der Waals surface area contributed by atoms with Gasteiger partial charge in [-0.05, 0) is 0 Å². The summed E-state index contributed by atoms with van der Waals surface area (Å²) in [6.07, 6.45) is -1.48. The van der Waals surface area contributed by atoms with Crippen molar-refractivity contribution < 1.29 is 24.0 Å². The number of aromatic nitrogens is 2. The van der Waals surface area contributed by atoms with Crippen LogP contribution in [0, 0.1) is 0 Å². The number of ether oxygens (including phenoxy) is 2. The number of carbonyl (C=O) groups is 2. The third kappa shape index (κ3) is 6.45. The normalized spacial score (nSPS) is 13.4. The summed E-state index contributed by atoms with van der Waals surface area (Å²) in [5.74, 6) is 0.0862. The van der Waals surface area contributed by atoms with Gasteiger partial charge in [-0.3, -0.25) is 0 Å². The molecule has 1 amide bonds. The molecule has 0 bridgehead atoms. The zero-order valence-electron chi connectivity index (χ0n) is 15.6. The average molecular weight is 361 g/mol. The maximum absolute atomic E-state index is 12.3. The number of nitrogens with zero attached hydrogens (tertiary/aromatic N) is 2. The molecule has 0 aliphatic rings. The van der Waals surface area contributed by atoms with Crippen molar-refractivity contribution >= 4 is 30.9 Å². The summed E-state index contributed by atoms with van der Waals surface area (Å²) in [4.78, 5) is 34.5. The van der Waals surface area contributed by atoms with Crippen molar-refractivity contribution in [1.29, 1.82) is 0 Å². The quantitative estimate of drug-likeness (QED) is 0.785. The van der Waals surface area contributed by atoms with Gasteiger partial charge in [0.15, 0.2) is 0 Å². The molecular weight excluding hydrogens is 333 g/mol. The van der Waals surface area contributed by atoms with Crippen molar-refractivity contribution in [2.24, 2.45) is 0 Å². The Kier molecular flexibility index (Phi) is 5.68. The molecule has 0 spiro atoms. The number of rotatable bonds is 2. The van der Waals surface area contributed by atoms with Crippen molar-refractivity contribution in [3.8, 4) is 0 Å². The van der Waals surface area contributed by atoms with Crippen LogP contribution < -0.4 is 10.8 Å². The van der Waals surface area contributed by atoms with Crippen LogP contribution in [-0.2, 0) is 9.47 Å². The molecule has 0 saturated heterocycles. The van der Waals surface area contributed by atoms with Crippen molar-refractivity contribution in [2.45, 2.75) is 52.7 Å². The Morgan fingerprint density at radius 1 is 1.12 bits per heavy atom. The molecule has 2 N–H and O–H groups in total. The second kappa shape index (κ2) is 6.69. The number of nitrogens with one attached hydrogen (secondary N) is 1. The van der Waals surface area contributed by atoms with E-state index >= 15 is 0 Å². The standard InChI is InChI=1S/C15H28N3O5P/c1-14(2,3)22-12(19)16-10-9-11(24(7,8)21)17-18(10)13(20)23-15(4,5)6/h9,21,24H,1-8H3,(H,16,19). The molecule has 1 heterocycles. The topological polar surface area (TPSA) is 103 Å². The molecule has 8 nitrogen and oxygen atoms in total. The summed E-state index contributed by atoms with van der Waals surface area (Å²) in [5.41, 5.74) is -1.06. The Morgan fingerprint density at radius 2 is 1.62 bits per heavy atom. The fraction of sp³-hybridized carbons (Fsp3) is 0.667. The first kappa shape index (κ1) is 20.4. The predicted octanol–water partition coefficient (Wildman–Crippen LogP) is 2.56. The molecule has 1 rings (SSSR count). The Labute approximate surface area is 142 Å². The molecule has 0 aliphatic carbocycles. The van der Waals surface area contributed by atoms with E-state index in [9.17, 15) is 14.5 Å². The van der Waals surface area contributed by atoms with Crippen LogP contribution in [0.2, 0.25) is 0 Å². The van der Waals surface area contributed by atoms with Crippen LogP contribution in [0.5, 0.6) is 0 Å². The van der Waals surface area contributed by atoms with Gasteiger partial charge in [0.1, 0.15) is 0 Å². The monoisotopic (exact) mass is 361 g/mol. The zero-order chi connectivity index (χ0) is 18.9. The van der Waals surface area contributed by atoms with Gasteiger partial charge in [0.2, 0.25) is 0 Å². The van der Waals surface area contributed by atoms with Crippen LogP contribution in [0.3, 0.4) is 0 Å². The Hall–Kier alpha value is -1.66. The SMILES string of the molecule is CC(C)(C)OC(=O)Nc1cc([PH](C)(C)O)nn1C(=O)OC(C)(C)C. The molecule has 0 saturated carbocycles. The molecule has 0 aliphatic heterocycles. The summed E-state index contributed by atoms with van der Waals surface area (Å²) in [7, 11) is -2.78. The molecular formula is C15H28N3O5P. The molecule has 0 fully saturated rings. The van der Waals surface area contributed by atoms with Gasteiger partial charge in [-0.1, -0.05) is 0 Å². The van der Waals surface area contributed by atoms with E-state index < -0.39 is 30.9 Å². The van der Waals surface area contributed by atoms with Crippen LogP contribution in [0.4, 0.5) is 15.4 Å². The summed E-state index contributed by atoms with van der Waals surface area (Å²) < 4.78 is 11.4. The van der Waals surface area contributed by atoms with E-state index in [0.29, 0.717) is 5.44 Å². The fourth-order valence-corrected chi connectivity index (χ4v) is 2.46. The molecule has 0 aromatic carbocycles. The van der Waals surface area contributed by atoms with Gasteiger partial charge < -0.3 is 0 Å². The van der Waals surface area contributed by atoms with Gasteiger partial charge in [0.25, 0.3) is 0 Å². The molecule has 0 radical (unpaired) electrons. The van der Waals surface area contributed by atoms with Gasteiger partial charge in [-0.15, -0.1) is 0 Å². The summed E-state index contributed by atoms with van der Waals surface area (Å²) in [6, 6.07) is 1.46. The van der Waals surface area contributed by atoms with E-state index in [1.807, 2.05) is 0 Å². The van der Waals surface area contributed by atoms with Crippen molar-refractivity contribution in [3.05, 3.63) is 6.07 Å². The van der Waals surface area contributed by atoms with Crippen LogP contribution in [0.25, 0.3) is 0 Å². The number of hydrogen-bond donors (Lipinski definition) is 2. The van der Waals surface area contributed by atoms with Gasteiger partial charge in [-0.25, -0.2) is 0 Å². The van der Waals surface area contributed by atoms with Crippen molar-refractivity contribution in [1.82, 2.24) is 9.78 Å². The molecule has 9 heteroatoms. The van der Waals surface area contributed by atoms with E-state index in [1.54, 1.807) is 54.9 Å². The second-order valence-electron chi connectivity index (χ2n) is 7.99. The predicted molar refractivity (Wildman–Crippen MR) is 95.7 cm³/mol. The van der Waals surface area contributed by atoms with Gasteiger partial charge in [0, 0.05) is 0 Å². The van der Waals surface area contributed by atoms with E-state index in [2.05, 4.69) is 10.4 Å². The molecule has 1 aromatic heterocycles. The third-order valence-corrected chi connectivity index (χ3v) is 4.03. The first-order valence-electron chi connectivity index (χ1n) is 7.65. The minimum atomic E-state index is -2.78. The molecule has 24 heavy (non-hydrogen) atoms. The maximum atomic E-state index is 12.3. The summed E-state index contributed by atoms with van der Waals surface area (Å²) >= 11 is 0. The Balaban J connectivity index is 3.15. The summed E-state index contributed by atoms with van der Waals surface area (Å²) in [6.45, 7) is 13.7. The van der Waals surface area contributed by atoms with Crippen molar-refractivity contribution in [2.75, 3.05) is 18.6 Å². The summed E-state index contributed by atoms with van der Waals surface area (Å²) in [5, 5.41) is 6.57. The van der Waals surface area contributed by atoms with E-state index in [4.69, 9.17) is 9.47 Å². The first-order valence-corrected chi connectivity index (χ1v) is 10.6. The van der Waals surface area contributed by atoms with Crippen molar-refractivity contribution in [3.63, 3.8) is 0 Å². The Bertz CT molecular complexity index is 621. The zero-order valence-corrected chi connectivity index (χ0v) is 16.6. The molecule has 138 valence electrons. The van der Waals surface area contributed by atoms with E-state index in [0.717, 1.165) is 4.68 Å². The number of anilines is 1. The van der Waals surface area contributed by atoms with Crippen LogP contribution >= 0.6 is 7.49 Å². The first-order chi connectivity index (χ1) is 10.6. The van der Waals surface area contributed by atoms with Crippen LogP contribution in [0.1, 0.15) is 41.5 Å². The molecule has 1 aromatic rings. The fourth-order valence-electron chi connectivity index (χ4n) is 1.62. The van der Waals surface area contributed by atoms with Crippen LogP contribution in [0.15, 0.2) is 6.07 Å². The average Bonchev–Trinajstić information content (AvgIpc) is 2.67. The van der Waals surface area contributed by atoms with Gasteiger partial charge in [0.05, 0.1) is 0 Å². The number of amides is 1. The van der Waals surface area contributed by atoms with E-state index in [-0.39, 0.29) is 5.82 Å². The van der Waals surface area contributed by atoms with E-state index in [1.165, 1.54) is 6.07 Å². The third-order valence-electron chi connectivity index (χ3n) is 2.53.